The predicted octanol–water partition coefficient (Wildman–Crippen LogP) is 4.74. The number of methoxy groups -OCH3 is 1. The van der Waals surface area contributed by atoms with Gasteiger partial charge in [-0.2, -0.15) is 0 Å². The summed E-state index contributed by atoms with van der Waals surface area (Å²) in [4.78, 5) is 3.12. The van der Waals surface area contributed by atoms with Crippen molar-refractivity contribution in [2.45, 2.75) is 44.6 Å². The van der Waals surface area contributed by atoms with E-state index in [1.807, 2.05) is 0 Å². The summed E-state index contributed by atoms with van der Waals surface area (Å²) in [6.07, 6.45) is 7.34. The Kier molecular flexibility index (Phi) is 3.78. The van der Waals surface area contributed by atoms with Gasteiger partial charge in [0.2, 0.25) is 0 Å². The molecule has 0 spiro atoms. The average Bonchev–Trinajstić information content (AvgIpc) is 2.63. The number of aromatic nitrogens is 2. The van der Waals surface area contributed by atoms with Crippen LogP contribution in [0.2, 0.25) is 0 Å². The number of fused-ring (bicyclic) bond motifs is 1. The van der Waals surface area contributed by atoms with E-state index < -0.39 is 0 Å². The molecule has 0 unspecified atom stereocenters. The summed E-state index contributed by atoms with van der Waals surface area (Å²) in [6.45, 7) is 0. The Morgan fingerprint density at radius 1 is 1.25 bits per heavy atom. The third-order valence-electron chi connectivity index (χ3n) is 4.18. The number of aromatic amines is 1. The number of imidazole rings is 1. The highest BCUT2D eigenvalue weighted by molar-refractivity contribution is 7.71. The van der Waals surface area contributed by atoms with E-state index in [2.05, 4.69) is 9.55 Å². The molecule has 0 aliphatic heterocycles. The van der Waals surface area contributed by atoms with Gasteiger partial charge in [-0.25, -0.2) is 4.39 Å². The van der Waals surface area contributed by atoms with Gasteiger partial charge in [0.1, 0.15) is 0 Å². The number of nitrogens with one attached hydrogen (secondary N) is 1. The van der Waals surface area contributed by atoms with Crippen LogP contribution in [-0.2, 0) is 0 Å². The van der Waals surface area contributed by atoms with Gasteiger partial charge in [0, 0.05) is 18.2 Å². The fraction of sp³-hybridized carbons (Fsp3) is 0.533. The Hall–Kier alpha value is -1.36. The van der Waals surface area contributed by atoms with Crippen LogP contribution in [0.1, 0.15) is 44.6 Å². The van der Waals surface area contributed by atoms with Crippen LogP contribution in [-0.4, -0.2) is 16.7 Å². The molecule has 108 valence electrons. The van der Waals surface area contributed by atoms with Gasteiger partial charge in [-0.05, 0) is 25.1 Å². The maximum Gasteiger partial charge on any atom is 0.178 e. The summed E-state index contributed by atoms with van der Waals surface area (Å²) in [5, 5.41) is 0. The number of benzene rings is 1. The molecule has 1 fully saturated rings. The van der Waals surface area contributed by atoms with Crippen LogP contribution in [0.3, 0.4) is 0 Å². The summed E-state index contributed by atoms with van der Waals surface area (Å²) < 4.78 is 21.7. The molecular formula is C15H19FN2OS. The molecule has 5 heteroatoms. The summed E-state index contributed by atoms with van der Waals surface area (Å²) in [6, 6.07) is 3.63. The number of hydrogen-bond donors (Lipinski definition) is 1. The minimum Gasteiger partial charge on any atom is -0.494 e. The molecule has 3 nitrogen and oxygen atoms in total. The van der Waals surface area contributed by atoms with Gasteiger partial charge < -0.3 is 14.3 Å². The molecule has 1 aliphatic rings. The highest BCUT2D eigenvalue weighted by Gasteiger charge is 2.19. The molecule has 0 atom stereocenters. The summed E-state index contributed by atoms with van der Waals surface area (Å²) >= 11 is 5.44. The highest BCUT2D eigenvalue weighted by Crippen LogP contribution is 2.32. The van der Waals surface area contributed by atoms with Gasteiger partial charge in [0.15, 0.2) is 16.3 Å². The van der Waals surface area contributed by atoms with Gasteiger partial charge >= 0.3 is 0 Å². The van der Waals surface area contributed by atoms with Crippen molar-refractivity contribution in [3.8, 4) is 5.75 Å². The number of hydrogen-bond acceptors (Lipinski definition) is 2. The van der Waals surface area contributed by atoms with E-state index in [-0.39, 0.29) is 11.6 Å². The molecule has 20 heavy (non-hydrogen) atoms. The first kappa shape index (κ1) is 13.6. The molecule has 1 N–H and O–H groups in total. The molecule has 1 aromatic heterocycles. The molecule has 2 aromatic rings. The Morgan fingerprint density at radius 3 is 2.60 bits per heavy atom. The summed E-state index contributed by atoms with van der Waals surface area (Å²) in [7, 11) is 1.49. The number of halogens is 1. The highest BCUT2D eigenvalue weighted by atomic mass is 32.1. The fourth-order valence-electron chi connectivity index (χ4n) is 3.16. The van der Waals surface area contributed by atoms with Gasteiger partial charge in [-0.1, -0.05) is 25.7 Å². The zero-order chi connectivity index (χ0) is 14.1. The van der Waals surface area contributed by atoms with Crippen LogP contribution >= 0.6 is 12.2 Å². The van der Waals surface area contributed by atoms with Crippen molar-refractivity contribution >= 4 is 23.3 Å². The second-order valence-corrected chi connectivity index (χ2v) is 5.84. The van der Waals surface area contributed by atoms with Crippen LogP contribution < -0.4 is 4.74 Å². The van der Waals surface area contributed by atoms with E-state index >= 15 is 0 Å². The first-order chi connectivity index (χ1) is 9.70. The van der Waals surface area contributed by atoms with Crippen LogP contribution in [0.4, 0.5) is 4.39 Å². The first-order valence-electron chi connectivity index (χ1n) is 7.18. The monoisotopic (exact) mass is 294 g/mol. The normalized spacial score (nSPS) is 17.3. The topological polar surface area (TPSA) is 29.9 Å². The van der Waals surface area contributed by atoms with Crippen LogP contribution in [0, 0.1) is 10.6 Å². The number of nitrogens with zero attached hydrogens (tertiary/aromatic N) is 1. The lowest BCUT2D eigenvalue weighted by Gasteiger charge is -2.17. The minimum atomic E-state index is -0.357. The van der Waals surface area contributed by atoms with Crippen LogP contribution in [0.5, 0.6) is 5.75 Å². The fourth-order valence-corrected chi connectivity index (χ4v) is 3.52. The second kappa shape index (κ2) is 5.56. The standard InChI is InChI=1S/C15H19FN2OS/c1-19-14-9-13-12(8-11(14)16)17-15(20)18(13)10-6-4-2-3-5-7-10/h8-10H,2-7H2,1H3,(H,17,20). The zero-order valence-corrected chi connectivity index (χ0v) is 12.4. The molecule has 1 saturated carbocycles. The predicted molar refractivity (Wildman–Crippen MR) is 80.4 cm³/mol. The lowest BCUT2D eigenvalue weighted by atomic mass is 10.1. The van der Waals surface area contributed by atoms with Crippen LogP contribution in [0.15, 0.2) is 12.1 Å². The Bertz CT molecular complexity index is 668. The summed E-state index contributed by atoms with van der Waals surface area (Å²) in [5.74, 6) is -0.0851. The van der Waals surface area contributed by atoms with Crippen LogP contribution in [0.25, 0.3) is 11.0 Å². The molecule has 1 aromatic carbocycles. The maximum absolute atomic E-state index is 13.8. The quantitative estimate of drug-likeness (QED) is 0.640. The van der Waals surface area contributed by atoms with Crippen molar-refractivity contribution in [3.63, 3.8) is 0 Å². The van der Waals surface area contributed by atoms with Gasteiger partial charge in [-0.15, -0.1) is 0 Å². The van der Waals surface area contributed by atoms with Gasteiger partial charge in [0.25, 0.3) is 0 Å². The van der Waals surface area contributed by atoms with Crippen molar-refractivity contribution in [1.82, 2.24) is 9.55 Å². The Balaban J connectivity index is 2.13. The summed E-state index contributed by atoms with van der Waals surface area (Å²) in [5.41, 5.74) is 1.69. The van der Waals surface area contributed by atoms with Gasteiger partial charge in [0.05, 0.1) is 18.1 Å². The zero-order valence-electron chi connectivity index (χ0n) is 11.6. The molecule has 3 rings (SSSR count). The first-order valence-corrected chi connectivity index (χ1v) is 7.59. The molecular weight excluding hydrogens is 275 g/mol. The van der Waals surface area contributed by atoms with E-state index in [4.69, 9.17) is 17.0 Å². The Labute approximate surface area is 122 Å². The number of rotatable bonds is 2. The smallest absolute Gasteiger partial charge is 0.178 e. The molecule has 1 aliphatic carbocycles. The van der Waals surface area contributed by atoms with Crippen molar-refractivity contribution in [1.29, 1.82) is 0 Å². The minimum absolute atomic E-state index is 0.272. The average molecular weight is 294 g/mol. The maximum atomic E-state index is 13.8. The van der Waals surface area contributed by atoms with Crippen molar-refractivity contribution in [3.05, 3.63) is 22.7 Å². The van der Waals surface area contributed by atoms with E-state index in [1.54, 1.807) is 6.07 Å². The molecule has 0 saturated heterocycles. The third-order valence-corrected chi connectivity index (χ3v) is 4.48. The Morgan fingerprint density at radius 2 is 1.95 bits per heavy atom. The van der Waals surface area contributed by atoms with E-state index in [0.29, 0.717) is 10.8 Å². The lowest BCUT2D eigenvalue weighted by Crippen LogP contribution is -2.08. The number of H-pyrrole nitrogens is 1. The van der Waals surface area contributed by atoms with Gasteiger partial charge in [-0.3, -0.25) is 0 Å². The second-order valence-electron chi connectivity index (χ2n) is 5.45. The van der Waals surface area contributed by atoms with Crippen molar-refractivity contribution in [2.24, 2.45) is 0 Å². The SMILES string of the molecule is COc1cc2c(cc1F)[nH]c(=S)n2C1CCCCCC1. The van der Waals surface area contributed by atoms with E-state index in [0.717, 1.165) is 23.9 Å². The lowest BCUT2D eigenvalue weighted by molar-refractivity contribution is 0.386. The molecule has 0 bridgehead atoms. The molecule has 1 heterocycles. The molecule has 0 radical (unpaired) electrons. The van der Waals surface area contributed by atoms with E-state index in [9.17, 15) is 4.39 Å². The number of ether oxygens (including phenoxy) is 1. The van der Waals surface area contributed by atoms with Crippen molar-refractivity contribution < 1.29 is 9.13 Å². The van der Waals surface area contributed by atoms with Crippen molar-refractivity contribution in [2.75, 3.05) is 7.11 Å². The van der Waals surface area contributed by atoms with E-state index in [1.165, 1.54) is 38.9 Å². The third kappa shape index (κ3) is 2.35. The molecule has 0 amide bonds. The largest absolute Gasteiger partial charge is 0.494 e.